The largest absolute Gasteiger partial charge is 0.390 e. The predicted octanol–water partition coefficient (Wildman–Crippen LogP) is 1.72. The molecule has 0 bridgehead atoms. The minimum absolute atomic E-state index is 0.148. The summed E-state index contributed by atoms with van der Waals surface area (Å²) in [5.41, 5.74) is 0.908. The second-order valence-electron chi connectivity index (χ2n) is 3.76. The molecular weight excluding hydrogens is 224 g/mol. The molecule has 0 fully saturated rings. The monoisotopic (exact) mass is 240 g/mol. The van der Waals surface area contributed by atoms with Crippen LogP contribution in [0.15, 0.2) is 17.8 Å². The van der Waals surface area contributed by atoms with Gasteiger partial charge in [0.2, 0.25) is 0 Å². The lowest BCUT2D eigenvalue weighted by molar-refractivity contribution is -0.0211. The van der Waals surface area contributed by atoms with Gasteiger partial charge in [-0.25, -0.2) is 4.98 Å². The lowest BCUT2D eigenvalue weighted by Crippen LogP contribution is -2.28. The van der Waals surface area contributed by atoms with Crippen LogP contribution in [0.1, 0.15) is 19.5 Å². The lowest BCUT2D eigenvalue weighted by Gasteiger charge is -2.17. The van der Waals surface area contributed by atoms with Crippen molar-refractivity contribution in [3.05, 3.63) is 23.5 Å². The van der Waals surface area contributed by atoms with E-state index in [1.165, 1.54) is 0 Å². The highest BCUT2D eigenvalue weighted by molar-refractivity contribution is 7.15. The molecular formula is C11H16N2O2S. The first-order valence-electron chi connectivity index (χ1n) is 5.41. The molecule has 2 aromatic heterocycles. The van der Waals surface area contributed by atoms with E-state index in [0.717, 1.165) is 10.7 Å². The minimum atomic E-state index is -0.496. The molecule has 4 nitrogen and oxygen atoms in total. The molecule has 0 spiro atoms. The molecule has 5 heteroatoms. The second-order valence-corrected chi connectivity index (χ2v) is 4.63. The van der Waals surface area contributed by atoms with Crippen LogP contribution in [0.5, 0.6) is 0 Å². The van der Waals surface area contributed by atoms with E-state index in [1.54, 1.807) is 11.3 Å². The van der Waals surface area contributed by atoms with Gasteiger partial charge < -0.3 is 9.84 Å². The summed E-state index contributed by atoms with van der Waals surface area (Å²) in [6.07, 6.45) is 3.81. The Morgan fingerprint density at radius 1 is 1.62 bits per heavy atom. The first kappa shape index (κ1) is 11.6. The number of imidazole rings is 1. The Morgan fingerprint density at radius 2 is 2.44 bits per heavy atom. The molecule has 0 radical (unpaired) electrons. The smallest absolute Gasteiger partial charge is 0.193 e. The van der Waals surface area contributed by atoms with E-state index in [-0.39, 0.29) is 6.10 Å². The Balaban J connectivity index is 2.01. The molecule has 0 aromatic carbocycles. The Kier molecular flexibility index (Phi) is 3.58. The number of ether oxygens (including phenoxy) is 1. The molecule has 0 aliphatic heterocycles. The van der Waals surface area contributed by atoms with Gasteiger partial charge in [-0.3, -0.25) is 4.40 Å². The molecule has 0 amide bonds. The molecule has 0 saturated carbocycles. The summed E-state index contributed by atoms with van der Waals surface area (Å²) in [5, 5.41) is 11.9. The van der Waals surface area contributed by atoms with Gasteiger partial charge in [-0.2, -0.15) is 0 Å². The third kappa shape index (κ3) is 2.42. The SMILES string of the molecule is CCOC(C)C(O)Cc1cn2ccsc2n1. The summed E-state index contributed by atoms with van der Waals surface area (Å²) >= 11 is 1.59. The molecule has 88 valence electrons. The normalized spacial score (nSPS) is 15.4. The lowest BCUT2D eigenvalue weighted by atomic mass is 10.1. The van der Waals surface area contributed by atoms with Gasteiger partial charge in [0.25, 0.3) is 0 Å². The van der Waals surface area contributed by atoms with Crippen molar-refractivity contribution in [1.29, 1.82) is 0 Å². The Hall–Kier alpha value is -0.910. The summed E-state index contributed by atoms with van der Waals surface area (Å²) in [6.45, 7) is 4.43. The zero-order valence-electron chi connectivity index (χ0n) is 9.46. The van der Waals surface area contributed by atoms with Crippen molar-refractivity contribution >= 4 is 16.3 Å². The van der Waals surface area contributed by atoms with Crippen molar-refractivity contribution in [2.45, 2.75) is 32.5 Å². The maximum absolute atomic E-state index is 9.89. The molecule has 0 aliphatic rings. The number of aromatic nitrogens is 2. The Morgan fingerprint density at radius 3 is 3.12 bits per heavy atom. The van der Waals surface area contributed by atoms with Crippen molar-refractivity contribution in [2.75, 3.05) is 6.61 Å². The highest BCUT2D eigenvalue weighted by atomic mass is 32.1. The first-order valence-corrected chi connectivity index (χ1v) is 6.29. The molecule has 0 aliphatic carbocycles. The number of fused-ring (bicyclic) bond motifs is 1. The van der Waals surface area contributed by atoms with Gasteiger partial charge in [0.15, 0.2) is 4.96 Å². The van der Waals surface area contributed by atoms with Crippen molar-refractivity contribution in [3.8, 4) is 0 Å². The van der Waals surface area contributed by atoms with Crippen LogP contribution in [0.2, 0.25) is 0 Å². The molecule has 2 heterocycles. The summed E-state index contributed by atoms with van der Waals surface area (Å²) in [4.78, 5) is 5.39. The molecule has 2 unspecified atom stereocenters. The average Bonchev–Trinajstić information content (AvgIpc) is 2.78. The average molecular weight is 240 g/mol. The molecule has 2 atom stereocenters. The van der Waals surface area contributed by atoms with Crippen LogP contribution < -0.4 is 0 Å². The molecule has 2 rings (SSSR count). The van der Waals surface area contributed by atoms with E-state index in [2.05, 4.69) is 4.98 Å². The molecule has 0 saturated heterocycles. The van der Waals surface area contributed by atoms with Crippen LogP contribution in [0.3, 0.4) is 0 Å². The summed E-state index contributed by atoms with van der Waals surface area (Å²) in [6, 6.07) is 0. The van der Waals surface area contributed by atoms with Gasteiger partial charge in [0.05, 0.1) is 17.9 Å². The van der Waals surface area contributed by atoms with Gasteiger partial charge in [-0.1, -0.05) is 0 Å². The van der Waals surface area contributed by atoms with Gasteiger partial charge in [-0.05, 0) is 13.8 Å². The van der Waals surface area contributed by atoms with Crippen molar-refractivity contribution in [1.82, 2.24) is 9.38 Å². The highest BCUT2D eigenvalue weighted by Gasteiger charge is 2.16. The highest BCUT2D eigenvalue weighted by Crippen LogP contribution is 2.13. The van der Waals surface area contributed by atoms with Gasteiger partial charge in [-0.15, -0.1) is 11.3 Å². The van der Waals surface area contributed by atoms with E-state index < -0.39 is 6.10 Å². The van der Waals surface area contributed by atoms with E-state index in [1.807, 2.05) is 36.0 Å². The van der Waals surface area contributed by atoms with E-state index in [9.17, 15) is 5.11 Å². The van der Waals surface area contributed by atoms with Crippen LogP contribution in [0.4, 0.5) is 0 Å². The van der Waals surface area contributed by atoms with Crippen LogP contribution in [0.25, 0.3) is 4.96 Å². The maximum Gasteiger partial charge on any atom is 0.193 e. The van der Waals surface area contributed by atoms with Crippen LogP contribution in [-0.4, -0.2) is 33.3 Å². The number of aliphatic hydroxyl groups is 1. The van der Waals surface area contributed by atoms with Gasteiger partial charge in [0.1, 0.15) is 0 Å². The first-order chi connectivity index (χ1) is 7.70. The van der Waals surface area contributed by atoms with E-state index in [0.29, 0.717) is 13.0 Å². The van der Waals surface area contributed by atoms with E-state index in [4.69, 9.17) is 4.74 Å². The fourth-order valence-corrected chi connectivity index (χ4v) is 2.35. The standard InChI is InChI=1S/C11H16N2O2S/c1-3-15-8(2)10(14)6-9-7-13-4-5-16-11(13)12-9/h4-5,7-8,10,14H,3,6H2,1-2H3. The summed E-state index contributed by atoms with van der Waals surface area (Å²) in [5.74, 6) is 0. The predicted molar refractivity (Wildman–Crippen MR) is 63.9 cm³/mol. The third-order valence-corrected chi connectivity index (χ3v) is 3.30. The zero-order chi connectivity index (χ0) is 11.5. The van der Waals surface area contributed by atoms with Crippen molar-refractivity contribution < 1.29 is 9.84 Å². The summed E-state index contributed by atoms with van der Waals surface area (Å²) in [7, 11) is 0. The van der Waals surface area contributed by atoms with Crippen LogP contribution in [0, 0.1) is 0 Å². The summed E-state index contributed by atoms with van der Waals surface area (Å²) < 4.78 is 7.32. The number of aliphatic hydroxyl groups excluding tert-OH is 1. The quantitative estimate of drug-likeness (QED) is 0.865. The van der Waals surface area contributed by atoms with Gasteiger partial charge in [0, 0.05) is 30.8 Å². The zero-order valence-corrected chi connectivity index (χ0v) is 10.3. The Bertz CT molecular complexity index is 423. The number of hydrogen-bond donors (Lipinski definition) is 1. The van der Waals surface area contributed by atoms with Gasteiger partial charge >= 0.3 is 0 Å². The van der Waals surface area contributed by atoms with Crippen molar-refractivity contribution in [3.63, 3.8) is 0 Å². The number of nitrogens with zero attached hydrogens (tertiary/aromatic N) is 2. The van der Waals surface area contributed by atoms with Crippen molar-refractivity contribution in [2.24, 2.45) is 0 Å². The van der Waals surface area contributed by atoms with E-state index >= 15 is 0 Å². The molecule has 1 N–H and O–H groups in total. The number of thiazole rings is 1. The maximum atomic E-state index is 9.89. The number of rotatable bonds is 5. The topological polar surface area (TPSA) is 46.8 Å². The fraction of sp³-hybridized carbons (Fsp3) is 0.545. The Labute approximate surface area is 98.5 Å². The third-order valence-electron chi connectivity index (χ3n) is 2.53. The van der Waals surface area contributed by atoms with Crippen LogP contribution in [-0.2, 0) is 11.2 Å². The molecule has 2 aromatic rings. The minimum Gasteiger partial charge on any atom is -0.390 e. The fourth-order valence-electron chi connectivity index (χ4n) is 1.63. The number of hydrogen-bond acceptors (Lipinski definition) is 4. The molecule has 16 heavy (non-hydrogen) atoms. The second kappa shape index (κ2) is 4.95. The van der Waals surface area contributed by atoms with Crippen LogP contribution >= 0.6 is 11.3 Å².